The van der Waals surface area contributed by atoms with Crippen molar-refractivity contribution in [2.45, 2.75) is 4.90 Å². The predicted molar refractivity (Wildman–Crippen MR) is 138 cm³/mol. The Hall–Kier alpha value is -4.01. The van der Waals surface area contributed by atoms with Crippen LogP contribution < -0.4 is 10.6 Å². The molecule has 0 radical (unpaired) electrons. The van der Waals surface area contributed by atoms with Crippen molar-refractivity contribution < 1.29 is 19.2 Å². The minimum atomic E-state index is -0.310. The van der Waals surface area contributed by atoms with Crippen LogP contribution in [0.2, 0.25) is 0 Å². The summed E-state index contributed by atoms with van der Waals surface area (Å²) < 4.78 is 0. The fourth-order valence-electron chi connectivity index (χ4n) is 3.85. The van der Waals surface area contributed by atoms with E-state index in [1.165, 1.54) is 23.1 Å². The number of thioether (sulfide) groups is 1. The lowest BCUT2D eigenvalue weighted by Gasteiger charge is -2.20. The maximum absolute atomic E-state index is 13.1. The first kappa shape index (κ1) is 22.8. The van der Waals surface area contributed by atoms with Gasteiger partial charge in [-0.15, -0.1) is 23.1 Å². The van der Waals surface area contributed by atoms with Gasteiger partial charge in [0.1, 0.15) is 0 Å². The van der Waals surface area contributed by atoms with Crippen LogP contribution >= 0.6 is 23.1 Å². The summed E-state index contributed by atoms with van der Waals surface area (Å²) in [5, 5.41) is 7.48. The molecule has 1 heterocycles. The molecule has 6 nitrogen and oxygen atoms in total. The highest BCUT2D eigenvalue weighted by Gasteiger charge is 2.31. The van der Waals surface area contributed by atoms with Gasteiger partial charge in [-0.1, -0.05) is 48.5 Å². The maximum Gasteiger partial charge on any atom is 0.265 e. The third kappa shape index (κ3) is 4.66. The third-order valence-electron chi connectivity index (χ3n) is 5.43. The van der Waals surface area contributed by atoms with Crippen molar-refractivity contribution in [1.29, 1.82) is 0 Å². The van der Waals surface area contributed by atoms with E-state index in [0.717, 1.165) is 4.90 Å². The fraction of sp³-hybridized carbons (Fsp3) is 0.0370. The molecule has 0 fully saturated rings. The molecule has 0 unspecified atom stereocenters. The van der Waals surface area contributed by atoms with Crippen LogP contribution in [0.3, 0.4) is 0 Å². The number of hydrogen-bond acceptors (Lipinski definition) is 6. The molecule has 2 N–H and O–H groups in total. The number of ketones is 2. The van der Waals surface area contributed by atoms with Crippen molar-refractivity contribution in [2.75, 3.05) is 16.4 Å². The Morgan fingerprint density at radius 1 is 0.771 bits per heavy atom. The Kier molecular flexibility index (Phi) is 6.31. The number of carbonyl (C=O) groups is 4. The average Bonchev–Trinajstić information content (AvgIpc) is 3.42. The highest BCUT2D eigenvalue weighted by Crippen LogP contribution is 2.32. The highest BCUT2D eigenvalue weighted by molar-refractivity contribution is 8.00. The number of benzene rings is 3. The van der Waals surface area contributed by atoms with Gasteiger partial charge in [-0.05, 0) is 35.7 Å². The number of nitrogens with one attached hydrogen (secondary N) is 2. The normalized spacial score (nSPS) is 12.0. The first-order chi connectivity index (χ1) is 17.0. The molecule has 4 aromatic rings. The van der Waals surface area contributed by atoms with Crippen LogP contribution in [0.1, 0.15) is 41.5 Å². The maximum atomic E-state index is 13.1. The van der Waals surface area contributed by atoms with Crippen LogP contribution in [-0.2, 0) is 4.79 Å². The Morgan fingerprint density at radius 2 is 1.51 bits per heavy atom. The van der Waals surface area contributed by atoms with E-state index in [2.05, 4.69) is 10.6 Å². The summed E-state index contributed by atoms with van der Waals surface area (Å²) in [6.07, 6.45) is 0. The topological polar surface area (TPSA) is 92.3 Å². The number of anilines is 2. The van der Waals surface area contributed by atoms with Crippen molar-refractivity contribution in [3.8, 4) is 0 Å². The van der Waals surface area contributed by atoms with Gasteiger partial charge in [0.05, 0.1) is 21.9 Å². The van der Waals surface area contributed by atoms with Gasteiger partial charge in [0, 0.05) is 27.3 Å². The second-order valence-electron chi connectivity index (χ2n) is 7.73. The first-order valence-corrected chi connectivity index (χ1v) is 12.6. The summed E-state index contributed by atoms with van der Waals surface area (Å²) in [5.41, 5.74) is 2.16. The summed E-state index contributed by atoms with van der Waals surface area (Å²) in [6.45, 7) is 0. The SMILES string of the molecule is O=C(CSc1cccc(NC(=O)c2cccs2)c1)Nc1cccc2c1C(=O)c1ccccc1C2=O. The summed E-state index contributed by atoms with van der Waals surface area (Å²) in [4.78, 5) is 52.4. The zero-order chi connectivity index (χ0) is 24.4. The number of thiophene rings is 1. The Bertz CT molecular complexity index is 1480. The lowest BCUT2D eigenvalue weighted by atomic mass is 9.83. The van der Waals surface area contributed by atoms with Crippen molar-refractivity contribution in [2.24, 2.45) is 0 Å². The van der Waals surface area contributed by atoms with E-state index in [1.807, 2.05) is 17.5 Å². The van der Waals surface area contributed by atoms with Gasteiger partial charge in [-0.2, -0.15) is 0 Å². The summed E-state index contributed by atoms with van der Waals surface area (Å²) >= 11 is 2.66. The van der Waals surface area contributed by atoms with Gasteiger partial charge in [-0.3, -0.25) is 19.2 Å². The lowest BCUT2D eigenvalue weighted by molar-refractivity contribution is -0.113. The molecule has 0 spiro atoms. The Morgan fingerprint density at radius 3 is 2.29 bits per heavy atom. The molecule has 0 bridgehead atoms. The first-order valence-electron chi connectivity index (χ1n) is 10.7. The molecule has 1 aliphatic carbocycles. The van der Waals surface area contributed by atoms with Gasteiger partial charge in [0.2, 0.25) is 5.91 Å². The van der Waals surface area contributed by atoms with Crippen LogP contribution in [-0.4, -0.2) is 29.1 Å². The molecule has 0 saturated heterocycles. The number of carbonyl (C=O) groups excluding carboxylic acids is 4. The van der Waals surface area contributed by atoms with Crippen molar-refractivity contribution in [3.63, 3.8) is 0 Å². The second-order valence-corrected chi connectivity index (χ2v) is 9.72. The van der Waals surface area contributed by atoms with Gasteiger partial charge < -0.3 is 10.6 Å². The van der Waals surface area contributed by atoms with E-state index < -0.39 is 0 Å². The zero-order valence-electron chi connectivity index (χ0n) is 18.2. The van der Waals surface area contributed by atoms with Crippen LogP contribution in [0.4, 0.5) is 11.4 Å². The smallest absolute Gasteiger partial charge is 0.265 e. The molecule has 1 aromatic heterocycles. The highest BCUT2D eigenvalue weighted by atomic mass is 32.2. The predicted octanol–water partition coefficient (Wildman–Crippen LogP) is 5.51. The number of fused-ring (bicyclic) bond motifs is 2. The standard InChI is InChI=1S/C27H18N2O4S2/c30-23(15-35-17-7-3-6-16(14-17)28-27(33)22-12-5-13-34-22)29-21-11-4-10-20-24(21)26(32)19-9-2-1-8-18(19)25(20)31/h1-14H,15H2,(H,28,33)(H,29,30). The van der Waals surface area contributed by atoms with E-state index in [4.69, 9.17) is 0 Å². The van der Waals surface area contributed by atoms with Gasteiger partial charge in [0.25, 0.3) is 5.91 Å². The van der Waals surface area contributed by atoms with Gasteiger partial charge in [0.15, 0.2) is 11.6 Å². The number of rotatable bonds is 6. The van der Waals surface area contributed by atoms with Crippen LogP contribution in [0.25, 0.3) is 0 Å². The van der Waals surface area contributed by atoms with Gasteiger partial charge in [-0.25, -0.2) is 0 Å². The fourth-order valence-corrected chi connectivity index (χ4v) is 5.22. The van der Waals surface area contributed by atoms with Crippen molar-refractivity contribution >= 4 is 57.9 Å². The minimum absolute atomic E-state index is 0.0880. The molecule has 0 atom stereocenters. The molecular weight excluding hydrogens is 480 g/mol. The molecular formula is C27H18N2O4S2. The zero-order valence-corrected chi connectivity index (χ0v) is 19.9. The van der Waals surface area contributed by atoms with Crippen LogP contribution in [0.5, 0.6) is 0 Å². The number of amides is 2. The van der Waals surface area contributed by atoms with Crippen LogP contribution in [0.15, 0.2) is 89.1 Å². The quantitative estimate of drug-likeness (QED) is 0.301. The average molecular weight is 499 g/mol. The molecule has 0 saturated carbocycles. The van der Waals surface area contributed by atoms with Crippen LogP contribution in [0, 0.1) is 0 Å². The molecule has 172 valence electrons. The summed E-state index contributed by atoms with van der Waals surface area (Å²) in [7, 11) is 0. The van der Waals surface area contributed by atoms with E-state index >= 15 is 0 Å². The summed E-state index contributed by atoms with van der Waals surface area (Å²) in [5.74, 6) is -0.926. The molecule has 35 heavy (non-hydrogen) atoms. The van der Waals surface area contributed by atoms with Crippen molar-refractivity contribution in [3.05, 3.63) is 111 Å². The van der Waals surface area contributed by atoms with Crippen molar-refractivity contribution in [1.82, 2.24) is 0 Å². The molecule has 1 aliphatic rings. The monoisotopic (exact) mass is 498 g/mol. The molecule has 0 aliphatic heterocycles. The minimum Gasteiger partial charge on any atom is -0.325 e. The number of hydrogen-bond donors (Lipinski definition) is 2. The van der Waals surface area contributed by atoms with E-state index in [0.29, 0.717) is 27.4 Å². The van der Waals surface area contributed by atoms with Gasteiger partial charge >= 0.3 is 0 Å². The largest absolute Gasteiger partial charge is 0.325 e. The molecule has 3 aromatic carbocycles. The molecule has 2 amide bonds. The summed E-state index contributed by atoms with van der Waals surface area (Å²) in [6, 6.07) is 22.4. The molecule has 5 rings (SSSR count). The molecule has 8 heteroatoms. The van der Waals surface area contributed by atoms with E-state index in [9.17, 15) is 19.2 Å². The third-order valence-corrected chi connectivity index (χ3v) is 7.30. The Labute approximate surface area is 209 Å². The van der Waals surface area contributed by atoms with E-state index in [1.54, 1.807) is 66.7 Å². The second kappa shape index (κ2) is 9.69. The Balaban J connectivity index is 1.27. The van der Waals surface area contributed by atoms with E-state index in [-0.39, 0.29) is 40.3 Å². The lowest BCUT2D eigenvalue weighted by Crippen LogP contribution is -2.24.